The van der Waals surface area contributed by atoms with Gasteiger partial charge in [-0.05, 0) is 58.8 Å². The Balaban J connectivity index is 1.74. The molecule has 0 radical (unpaired) electrons. The Morgan fingerprint density at radius 1 is 0.750 bits per heavy atom. The molecule has 0 aromatic heterocycles. The molecule has 0 unspecified atom stereocenters. The van der Waals surface area contributed by atoms with Gasteiger partial charge in [0.25, 0.3) is 0 Å². The van der Waals surface area contributed by atoms with Crippen molar-refractivity contribution in [2.24, 2.45) is 0 Å². The summed E-state index contributed by atoms with van der Waals surface area (Å²) in [5.41, 5.74) is 0. The Morgan fingerprint density at radius 3 is 1.88 bits per heavy atom. The normalized spacial score (nSPS) is 27.6. The summed E-state index contributed by atoms with van der Waals surface area (Å²) in [6, 6.07) is 0.774. The van der Waals surface area contributed by atoms with Crippen molar-refractivity contribution >= 4 is 0 Å². The zero-order valence-corrected chi connectivity index (χ0v) is 11.0. The summed E-state index contributed by atoms with van der Waals surface area (Å²) in [4.78, 5) is 5.40. The van der Waals surface area contributed by atoms with Crippen molar-refractivity contribution in [3.8, 4) is 0 Å². The Hall–Kier alpha value is -0.0800. The fourth-order valence-electron chi connectivity index (χ4n) is 3.17. The van der Waals surface area contributed by atoms with Crippen LogP contribution in [0.15, 0.2) is 0 Å². The third kappa shape index (κ3) is 3.74. The van der Waals surface area contributed by atoms with Gasteiger partial charge in [-0.15, -0.1) is 0 Å². The van der Waals surface area contributed by atoms with Crippen molar-refractivity contribution in [1.82, 2.24) is 9.80 Å². The number of hydrogen-bond donors (Lipinski definition) is 0. The molecular formula is C14H28N2. The van der Waals surface area contributed by atoms with Crippen molar-refractivity contribution in [1.29, 1.82) is 0 Å². The average molecular weight is 224 g/mol. The molecule has 16 heavy (non-hydrogen) atoms. The van der Waals surface area contributed by atoms with Crippen LogP contribution in [0.25, 0.3) is 0 Å². The maximum atomic E-state index is 2.72. The zero-order valence-electron chi connectivity index (χ0n) is 11.0. The highest BCUT2D eigenvalue weighted by Gasteiger charge is 2.19. The molecule has 0 aliphatic carbocycles. The summed E-state index contributed by atoms with van der Waals surface area (Å²) in [7, 11) is 0. The van der Waals surface area contributed by atoms with E-state index in [4.69, 9.17) is 0 Å². The molecule has 1 atom stereocenters. The second kappa shape index (κ2) is 6.61. The smallest absolute Gasteiger partial charge is 0.0194 e. The van der Waals surface area contributed by atoms with Gasteiger partial charge >= 0.3 is 0 Å². The van der Waals surface area contributed by atoms with Crippen LogP contribution in [-0.2, 0) is 0 Å². The maximum absolute atomic E-state index is 2.72. The molecule has 0 aromatic carbocycles. The van der Waals surface area contributed by atoms with Crippen molar-refractivity contribution < 1.29 is 0 Å². The highest BCUT2D eigenvalue weighted by Crippen LogP contribution is 2.15. The third-order valence-electron chi connectivity index (χ3n) is 4.24. The highest BCUT2D eigenvalue weighted by molar-refractivity contribution is 4.75. The minimum absolute atomic E-state index is 0.774. The summed E-state index contributed by atoms with van der Waals surface area (Å²) in [5.74, 6) is 0. The first-order chi connectivity index (χ1) is 7.86. The zero-order chi connectivity index (χ0) is 11.2. The largest absolute Gasteiger partial charge is 0.302 e. The van der Waals surface area contributed by atoms with Crippen LogP contribution in [0.5, 0.6) is 0 Å². The van der Waals surface area contributed by atoms with Gasteiger partial charge in [0.15, 0.2) is 0 Å². The Kier molecular flexibility index (Phi) is 5.11. The van der Waals surface area contributed by atoms with Crippen molar-refractivity contribution in [2.45, 2.75) is 57.9 Å². The second-order valence-corrected chi connectivity index (χ2v) is 5.66. The third-order valence-corrected chi connectivity index (χ3v) is 4.24. The molecule has 2 saturated heterocycles. The van der Waals surface area contributed by atoms with Gasteiger partial charge in [-0.2, -0.15) is 0 Å². The standard InChI is InChI=1S/C14H28N2/c1-14(13-15-9-5-4-6-10-15)16-11-7-2-3-8-12-16/h14H,2-13H2,1H3/t14-/m1/s1. The van der Waals surface area contributed by atoms with E-state index in [9.17, 15) is 0 Å². The van der Waals surface area contributed by atoms with Gasteiger partial charge in [0.2, 0.25) is 0 Å². The molecule has 2 heterocycles. The molecule has 2 aliphatic rings. The Bertz CT molecular complexity index is 179. The molecule has 0 saturated carbocycles. The second-order valence-electron chi connectivity index (χ2n) is 5.66. The number of likely N-dealkylation sites (tertiary alicyclic amines) is 2. The predicted octanol–water partition coefficient (Wildman–Crippen LogP) is 2.74. The van der Waals surface area contributed by atoms with Gasteiger partial charge in [-0.1, -0.05) is 19.3 Å². The molecule has 2 fully saturated rings. The van der Waals surface area contributed by atoms with Crippen molar-refractivity contribution in [2.75, 3.05) is 32.7 Å². The van der Waals surface area contributed by atoms with Crippen LogP contribution < -0.4 is 0 Å². The van der Waals surface area contributed by atoms with Crippen LogP contribution in [0.3, 0.4) is 0 Å². The fourth-order valence-corrected chi connectivity index (χ4v) is 3.17. The number of piperidine rings is 1. The summed E-state index contributed by atoms with van der Waals surface area (Å²) in [6.45, 7) is 9.11. The van der Waals surface area contributed by atoms with Gasteiger partial charge in [0, 0.05) is 12.6 Å². The summed E-state index contributed by atoms with van der Waals surface area (Å²) >= 11 is 0. The average Bonchev–Trinajstić information content (AvgIpc) is 2.59. The lowest BCUT2D eigenvalue weighted by molar-refractivity contribution is 0.137. The molecule has 0 aromatic rings. The highest BCUT2D eigenvalue weighted by atomic mass is 15.2. The first-order valence-electron chi connectivity index (χ1n) is 7.32. The Morgan fingerprint density at radius 2 is 1.25 bits per heavy atom. The lowest BCUT2D eigenvalue weighted by Gasteiger charge is -2.34. The number of hydrogen-bond acceptors (Lipinski definition) is 2. The van der Waals surface area contributed by atoms with Crippen molar-refractivity contribution in [3.63, 3.8) is 0 Å². The van der Waals surface area contributed by atoms with E-state index in [0.717, 1.165) is 6.04 Å². The summed E-state index contributed by atoms with van der Waals surface area (Å²) < 4.78 is 0. The van der Waals surface area contributed by atoms with Gasteiger partial charge in [0.05, 0.1) is 0 Å². The molecule has 0 spiro atoms. The molecule has 94 valence electrons. The molecular weight excluding hydrogens is 196 g/mol. The van der Waals surface area contributed by atoms with E-state index in [2.05, 4.69) is 16.7 Å². The van der Waals surface area contributed by atoms with E-state index in [1.807, 2.05) is 0 Å². The molecule has 0 amide bonds. The maximum Gasteiger partial charge on any atom is 0.0194 e. The first kappa shape index (κ1) is 12.4. The minimum Gasteiger partial charge on any atom is -0.302 e. The number of rotatable bonds is 3. The van der Waals surface area contributed by atoms with E-state index in [-0.39, 0.29) is 0 Å². The van der Waals surface area contributed by atoms with Crippen LogP contribution in [0, 0.1) is 0 Å². The van der Waals surface area contributed by atoms with Gasteiger partial charge in [-0.3, -0.25) is 4.90 Å². The van der Waals surface area contributed by atoms with Gasteiger partial charge in [-0.25, -0.2) is 0 Å². The monoisotopic (exact) mass is 224 g/mol. The number of nitrogens with zero attached hydrogens (tertiary/aromatic N) is 2. The quantitative estimate of drug-likeness (QED) is 0.727. The van der Waals surface area contributed by atoms with E-state index >= 15 is 0 Å². The summed E-state index contributed by atoms with van der Waals surface area (Å²) in [6.07, 6.45) is 10.0. The first-order valence-corrected chi connectivity index (χ1v) is 7.32. The van der Waals surface area contributed by atoms with E-state index in [1.165, 1.54) is 77.7 Å². The molecule has 2 aliphatic heterocycles. The molecule has 2 heteroatoms. The van der Waals surface area contributed by atoms with Gasteiger partial charge < -0.3 is 4.90 Å². The molecule has 2 nitrogen and oxygen atoms in total. The SMILES string of the molecule is C[C@H](CN1CCCCC1)N1CCCCCC1. The van der Waals surface area contributed by atoms with Crippen LogP contribution in [-0.4, -0.2) is 48.6 Å². The lowest BCUT2D eigenvalue weighted by atomic mass is 10.1. The fraction of sp³-hybridized carbons (Fsp3) is 1.00. The van der Waals surface area contributed by atoms with Crippen LogP contribution in [0.4, 0.5) is 0 Å². The molecule has 0 bridgehead atoms. The van der Waals surface area contributed by atoms with E-state index < -0.39 is 0 Å². The van der Waals surface area contributed by atoms with Crippen LogP contribution in [0.2, 0.25) is 0 Å². The lowest BCUT2D eigenvalue weighted by Crippen LogP contribution is -2.44. The Labute approximate surface area is 101 Å². The van der Waals surface area contributed by atoms with Crippen molar-refractivity contribution in [3.05, 3.63) is 0 Å². The van der Waals surface area contributed by atoms with Gasteiger partial charge in [0.1, 0.15) is 0 Å². The predicted molar refractivity (Wildman–Crippen MR) is 69.8 cm³/mol. The summed E-state index contributed by atoms with van der Waals surface area (Å²) in [5, 5.41) is 0. The molecule has 0 N–H and O–H groups in total. The topological polar surface area (TPSA) is 6.48 Å². The van der Waals surface area contributed by atoms with E-state index in [1.54, 1.807) is 0 Å². The van der Waals surface area contributed by atoms with Crippen LogP contribution in [0.1, 0.15) is 51.9 Å². The van der Waals surface area contributed by atoms with Crippen LogP contribution >= 0.6 is 0 Å². The minimum atomic E-state index is 0.774. The van der Waals surface area contributed by atoms with E-state index in [0.29, 0.717) is 0 Å². The molecule has 2 rings (SSSR count).